The van der Waals surface area contributed by atoms with Crippen molar-refractivity contribution in [3.8, 4) is 6.07 Å². The molecule has 0 saturated heterocycles. The van der Waals surface area contributed by atoms with Crippen molar-refractivity contribution >= 4 is 21.6 Å². The highest BCUT2D eigenvalue weighted by Crippen LogP contribution is 2.15. The maximum atomic E-state index is 12.3. The predicted octanol–water partition coefficient (Wildman–Crippen LogP) is 3.47. The molecule has 0 bridgehead atoms. The van der Waals surface area contributed by atoms with Crippen molar-refractivity contribution in [2.24, 2.45) is 0 Å². The highest BCUT2D eigenvalue weighted by atomic mass is 32.2. The van der Waals surface area contributed by atoms with Crippen LogP contribution in [-0.4, -0.2) is 20.9 Å². The molecule has 2 aromatic carbocycles. The summed E-state index contributed by atoms with van der Waals surface area (Å²) in [5, 5.41) is 11.3. The average molecular weight is 385 g/mol. The van der Waals surface area contributed by atoms with Crippen LogP contribution in [0.4, 0.5) is 5.69 Å². The Labute approximate surface area is 160 Å². The van der Waals surface area contributed by atoms with E-state index in [2.05, 4.69) is 17.0 Å². The normalized spacial score (nSPS) is 11.0. The zero-order chi connectivity index (χ0) is 19.7. The Bertz CT molecular complexity index is 899. The zero-order valence-electron chi connectivity index (χ0n) is 15.2. The molecule has 0 unspecified atom stereocenters. The molecule has 0 spiro atoms. The summed E-state index contributed by atoms with van der Waals surface area (Å²) in [7, 11) is -3.68. The Kier molecular flexibility index (Phi) is 7.53. The number of unbranched alkanes of at least 4 members (excludes halogenated alkanes) is 1. The van der Waals surface area contributed by atoms with E-state index in [1.807, 2.05) is 30.3 Å². The second kappa shape index (κ2) is 9.86. The molecule has 0 atom stereocenters. The van der Waals surface area contributed by atoms with Gasteiger partial charge < -0.3 is 5.32 Å². The molecule has 6 nitrogen and oxygen atoms in total. The van der Waals surface area contributed by atoms with E-state index >= 15 is 0 Å². The number of benzene rings is 2. The second-order valence-electron chi connectivity index (χ2n) is 6.08. The summed E-state index contributed by atoms with van der Waals surface area (Å²) in [4.78, 5) is 12.4. The number of carbonyl (C=O) groups excluding carboxylic acids is 1. The molecule has 0 aliphatic carbocycles. The standard InChI is InChI=1S/C20H23N3O3S/c1-2-3-5-16-6-10-18(11-7-16)23-20(24)17-8-12-19(13-9-17)27(25,26)22-15-4-14-21/h6-13,22H,2-5,15H2,1H3,(H,23,24). The molecular weight excluding hydrogens is 362 g/mol. The van der Waals surface area contributed by atoms with Crippen molar-refractivity contribution in [2.45, 2.75) is 37.5 Å². The van der Waals surface area contributed by atoms with Gasteiger partial charge in [0.25, 0.3) is 5.91 Å². The van der Waals surface area contributed by atoms with E-state index in [1.54, 1.807) is 0 Å². The van der Waals surface area contributed by atoms with Crippen LogP contribution >= 0.6 is 0 Å². The molecule has 2 N–H and O–H groups in total. The molecular formula is C20H23N3O3S. The van der Waals surface area contributed by atoms with Gasteiger partial charge in [0, 0.05) is 24.2 Å². The fourth-order valence-electron chi connectivity index (χ4n) is 2.45. The number of sulfonamides is 1. The maximum Gasteiger partial charge on any atom is 0.255 e. The number of hydrogen-bond acceptors (Lipinski definition) is 4. The molecule has 7 heteroatoms. The summed E-state index contributed by atoms with van der Waals surface area (Å²) in [6, 6.07) is 15.3. The van der Waals surface area contributed by atoms with Crippen LogP contribution in [0.1, 0.15) is 42.1 Å². The second-order valence-corrected chi connectivity index (χ2v) is 7.85. The molecule has 27 heavy (non-hydrogen) atoms. The first-order valence-electron chi connectivity index (χ1n) is 8.83. The van der Waals surface area contributed by atoms with Gasteiger partial charge in [-0.1, -0.05) is 25.5 Å². The quantitative estimate of drug-likeness (QED) is 0.646. The van der Waals surface area contributed by atoms with E-state index in [4.69, 9.17) is 5.26 Å². The average Bonchev–Trinajstić information content (AvgIpc) is 2.67. The summed E-state index contributed by atoms with van der Waals surface area (Å²) >= 11 is 0. The third kappa shape index (κ3) is 6.20. The SMILES string of the molecule is CCCCc1ccc(NC(=O)c2ccc(S(=O)(=O)NCCC#N)cc2)cc1. The lowest BCUT2D eigenvalue weighted by molar-refractivity contribution is 0.102. The van der Waals surface area contributed by atoms with Crippen LogP contribution in [0.25, 0.3) is 0 Å². The van der Waals surface area contributed by atoms with Gasteiger partial charge in [0.2, 0.25) is 10.0 Å². The van der Waals surface area contributed by atoms with Gasteiger partial charge >= 0.3 is 0 Å². The van der Waals surface area contributed by atoms with E-state index < -0.39 is 10.0 Å². The summed E-state index contributed by atoms with van der Waals surface area (Å²) in [6.07, 6.45) is 3.38. The summed E-state index contributed by atoms with van der Waals surface area (Å²) in [5.41, 5.74) is 2.28. The first kappa shape index (κ1) is 20.6. The number of nitrogens with zero attached hydrogens (tertiary/aromatic N) is 1. The number of aryl methyl sites for hydroxylation is 1. The minimum Gasteiger partial charge on any atom is -0.322 e. The zero-order valence-corrected chi connectivity index (χ0v) is 16.1. The fourth-order valence-corrected chi connectivity index (χ4v) is 3.48. The molecule has 2 rings (SSSR count). The summed E-state index contributed by atoms with van der Waals surface area (Å²) < 4.78 is 26.5. The molecule has 0 aromatic heterocycles. The molecule has 0 aliphatic rings. The van der Waals surface area contributed by atoms with E-state index in [-0.39, 0.29) is 23.8 Å². The lowest BCUT2D eigenvalue weighted by Crippen LogP contribution is -2.24. The maximum absolute atomic E-state index is 12.3. The van der Waals surface area contributed by atoms with Crippen molar-refractivity contribution in [1.82, 2.24) is 4.72 Å². The number of rotatable bonds is 9. The third-order valence-electron chi connectivity index (χ3n) is 3.99. The van der Waals surface area contributed by atoms with Crippen LogP contribution in [0.15, 0.2) is 53.4 Å². The number of amides is 1. The minimum atomic E-state index is -3.68. The van der Waals surface area contributed by atoms with Crippen molar-refractivity contribution in [2.75, 3.05) is 11.9 Å². The van der Waals surface area contributed by atoms with Crippen LogP contribution in [0.3, 0.4) is 0 Å². The molecule has 0 radical (unpaired) electrons. The van der Waals surface area contributed by atoms with Crippen molar-refractivity contribution < 1.29 is 13.2 Å². The molecule has 0 fully saturated rings. The first-order chi connectivity index (χ1) is 13.0. The van der Waals surface area contributed by atoms with E-state index in [0.717, 1.165) is 19.3 Å². The Morgan fingerprint density at radius 2 is 1.74 bits per heavy atom. The number of carbonyl (C=O) groups is 1. The molecule has 0 aliphatic heterocycles. The molecule has 0 heterocycles. The molecule has 2 aromatic rings. The van der Waals surface area contributed by atoms with Gasteiger partial charge in [-0.3, -0.25) is 4.79 Å². The van der Waals surface area contributed by atoms with Crippen molar-refractivity contribution in [3.63, 3.8) is 0 Å². The van der Waals surface area contributed by atoms with Gasteiger partial charge in [-0.15, -0.1) is 0 Å². The van der Waals surface area contributed by atoms with Crippen LogP contribution < -0.4 is 10.0 Å². The van der Waals surface area contributed by atoms with Gasteiger partial charge in [-0.2, -0.15) is 5.26 Å². The first-order valence-corrected chi connectivity index (χ1v) is 10.3. The van der Waals surface area contributed by atoms with Gasteiger partial charge in [0.05, 0.1) is 11.0 Å². The highest BCUT2D eigenvalue weighted by Gasteiger charge is 2.14. The smallest absolute Gasteiger partial charge is 0.255 e. The monoisotopic (exact) mass is 385 g/mol. The number of anilines is 1. The Morgan fingerprint density at radius 1 is 1.07 bits per heavy atom. The van der Waals surface area contributed by atoms with Gasteiger partial charge in [0.15, 0.2) is 0 Å². The molecule has 1 amide bonds. The van der Waals surface area contributed by atoms with E-state index in [1.165, 1.54) is 29.8 Å². The Morgan fingerprint density at radius 3 is 2.33 bits per heavy atom. The predicted molar refractivity (Wildman–Crippen MR) is 105 cm³/mol. The topological polar surface area (TPSA) is 99.1 Å². The van der Waals surface area contributed by atoms with Crippen molar-refractivity contribution in [1.29, 1.82) is 5.26 Å². The van der Waals surface area contributed by atoms with Crippen LogP contribution in [-0.2, 0) is 16.4 Å². The third-order valence-corrected chi connectivity index (χ3v) is 5.46. The van der Waals surface area contributed by atoms with E-state index in [9.17, 15) is 13.2 Å². The Balaban J connectivity index is 2.00. The van der Waals surface area contributed by atoms with Crippen LogP contribution in [0.5, 0.6) is 0 Å². The Hall–Kier alpha value is -2.69. The van der Waals surface area contributed by atoms with Crippen LogP contribution in [0, 0.1) is 11.3 Å². The lowest BCUT2D eigenvalue weighted by Gasteiger charge is -2.08. The van der Waals surface area contributed by atoms with E-state index in [0.29, 0.717) is 11.3 Å². The lowest BCUT2D eigenvalue weighted by atomic mass is 10.1. The number of nitrogens with one attached hydrogen (secondary N) is 2. The number of nitriles is 1. The molecule has 0 saturated carbocycles. The molecule has 142 valence electrons. The number of hydrogen-bond donors (Lipinski definition) is 2. The van der Waals surface area contributed by atoms with Crippen LogP contribution in [0.2, 0.25) is 0 Å². The largest absolute Gasteiger partial charge is 0.322 e. The summed E-state index contributed by atoms with van der Waals surface area (Å²) in [5.74, 6) is -0.308. The van der Waals surface area contributed by atoms with Gasteiger partial charge in [-0.05, 0) is 54.8 Å². The highest BCUT2D eigenvalue weighted by molar-refractivity contribution is 7.89. The van der Waals surface area contributed by atoms with Gasteiger partial charge in [0.1, 0.15) is 0 Å². The fraction of sp³-hybridized carbons (Fsp3) is 0.300. The summed E-state index contributed by atoms with van der Waals surface area (Å²) in [6.45, 7) is 2.20. The minimum absolute atomic E-state index is 0.0509. The van der Waals surface area contributed by atoms with Gasteiger partial charge in [-0.25, -0.2) is 13.1 Å². The van der Waals surface area contributed by atoms with Crippen molar-refractivity contribution in [3.05, 3.63) is 59.7 Å².